The number of fused-ring (bicyclic) bond motifs is 5. The lowest BCUT2D eigenvalue weighted by atomic mass is 10.1. The van der Waals surface area contributed by atoms with Crippen LogP contribution in [0, 0.1) is 12.6 Å². The van der Waals surface area contributed by atoms with E-state index in [1.165, 1.54) is 103 Å². The zero-order valence-electron chi connectivity index (χ0n) is 77.2. The zero-order chi connectivity index (χ0) is 107. The highest BCUT2D eigenvalue weighted by Crippen LogP contribution is 2.61. The van der Waals surface area contributed by atoms with Crippen LogP contribution in [0.3, 0.4) is 0 Å². The summed E-state index contributed by atoms with van der Waals surface area (Å²) in [4.78, 5) is 184. The maximum Gasteiger partial charge on any atom is 0.339 e. The van der Waals surface area contributed by atoms with Crippen molar-refractivity contribution in [1.82, 2.24) is 97.6 Å². The standard InChI is InChI=1S/C15H16ClIN4O5.C15H18ClN5O5.C15H19N5O6.C10H12IN5O4.C10H13N5O5.C5H11NO2.C4H6O3.CH2I2.Cl3OP.H4N2/c2*1-4-8-10(24-6(2)22)11(25-7(3)23)14(26-8)21-5-18-9-12(16)19-15(17)20-13(9)21;1-4-8-10(24-6(2)21)11(25-7(3)22)14(26-8)20-5-17-9-12(20)18-15(16)19-13(9)23;11-10-14-7(12)4-8(15-10)16(2-13-4)9-6(19)5(18)3(1-17)20-9;11-10-13-7-4(8(19)14-10)12-2-15(7)9-6(18)5(17)3(1-16)20-9;1-2-3-4-5-8-6-7;1-3(5)7-4(2)6;2-1-3;1-5(2,3)4;1-2/h5,8,10-11,14H,4H2,1-3H3;5,8,10-11,14H,4H2,1-3H3,(H2,17,19,20);5,8,10-11,14H,4H2,1-3H3,(H3,16,18,19,23);2-3,5-6,9,17-19H,1H2,(H2,12,14,15);2-3,5-6,9,16-18H,1H2,(H3,11,13,14,19);2-5H2,1H3;1-2H3;1H2;;1-2H2/t3*8-,10-,11-,14?;2*3-,5-,6-,9?;;;;;/m11111...../s1. The number of hydrazine groups is 1. The number of ether oxygens (including phenoxy) is 12. The van der Waals surface area contributed by atoms with Gasteiger partial charge in [-0.1, -0.05) is 109 Å². The molecule has 0 amide bonds. The van der Waals surface area contributed by atoms with Gasteiger partial charge in [0.15, 0.2) is 136 Å². The molecule has 0 radical (unpaired) electrons. The lowest BCUT2D eigenvalue weighted by Crippen LogP contribution is -2.38. The fourth-order valence-electron chi connectivity index (χ4n) is 14.1. The topological polar surface area (TPSA) is 838 Å². The Labute approximate surface area is 886 Å². The Bertz CT molecular complexity index is 6020. The summed E-state index contributed by atoms with van der Waals surface area (Å²) in [6, 6.07) is 0. The van der Waals surface area contributed by atoms with Gasteiger partial charge in [0, 0.05) is 101 Å². The van der Waals surface area contributed by atoms with Crippen molar-refractivity contribution in [3.05, 3.63) is 75.2 Å². The molecule has 10 aromatic heterocycles. The number of anilines is 4. The molecule has 0 saturated carbocycles. The van der Waals surface area contributed by atoms with Gasteiger partial charge in [-0.3, -0.25) is 97.0 Å². The third kappa shape index (κ3) is 34.0. The number of rotatable bonds is 21. The van der Waals surface area contributed by atoms with Gasteiger partial charge in [-0.2, -0.15) is 19.9 Å². The van der Waals surface area contributed by atoms with Crippen LogP contribution in [0.15, 0.2) is 46.6 Å². The molecule has 58 nitrogen and oxygen atoms in total. The summed E-state index contributed by atoms with van der Waals surface area (Å²) in [6.45, 7) is 17.3. The molecule has 68 heteroatoms. The third-order valence-electron chi connectivity index (χ3n) is 19.5. The van der Waals surface area contributed by atoms with Crippen molar-refractivity contribution in [2.75, 3.05) is 45.2 Å². The summed E-state index contributed by atoms with van der Waals surface area (Å²) in [7, 11) is 0. The van der Waals surface area contributed by atoms with Crippen LogP contribution in [0.5, 0.6) is 0 Å². The zero-order valence-corrected chi connectivity index (χ0v) is 90.5. The summed E-state index contributed by atoms with van der Waals surface area (Å²) < 4.78 is 83.9. The Kier molecular flexibility index (Phi) is 49.7. The van der Waals surface area contributed by atoms with Crippen molar-refractivity contribution in [3.8, 4) is 0 Å². The highest BCUT2D eigenvalue weighted by molar-refractivity contribution is 14.2. The second kappa shape index (κ2) is 57.9. The fraction of sp³-hybridized carbons (Fsp3) is 0.560. The number of hydrogen-bond donors (Lipinski definition) is 14. The Balaban J connectivity index is 0.000000258. The van der Waals surface area contributed by atoms with Gasteiger partial charge >= 0.3 is 53.0 Å². The number of hydrogen-bond acceptors (Lipinski definition) is 51. The fourth-order valence-corrected chi connectivity index (χ4v) is 15.6. The second-order valence-corrected chi connectivity index (χ2v) is 43.3. The average Bonchev–Trinajstić information content (AvgIpc) is 1.67. The molecular formula is C75H101Cl5I4N27O31P. The Morgan fingerprint density at radius 2 is 0.720 bits per heavy atom. The highest BCUT2D eigenvalue weighted by Gasteiger charge is 2.54. The van der Waals surface area contributed by atoms with Crippen molar-refractivity contribution in [1.29, 1.82) is 0 Å². The number of halogens is 9. The molecule has 20 N–H and O–H groups in total. The number of aliphatic hydroxyl groups is 6. The van der Waals surface area contributed by atoms with Crippen LogP contribution in [0.2, 0.25) is 10.3 Å². The number of aromatic nitrogens is 20. The van der Waals surface area contributed by atoms with Crippen molar-refractivity contribution in [2.24, 2.45) is 17.0 Å². The molecule has 5 fully saturated rings. The molecule has 5 aliphatic heterocycles. The smallest absolute Gasteiger partial charge is 0.339 e. The molecule has 15 heterocycles. The van der Waals surface area contributed by atoms with Crippen LogP contribution in [-0.2, 0) is 105 Å². The van der Waals surface area contributed by atoms with Gasteiger partial charge in [-0.25, -0.2) is 44.9 Å². The van der Waals surface area contributed by atoms with Gasteiger partial charge < -0.3 is 115 Å². The minimum atomic E-state index is -3.22. The molecule has 0 aliphatic carbocycles. The lowest BCUT2D eigenvalue weighted by Gasteiger charge is -2.23. The summed E-state index contributed by atoms with van der Waals surface area (Å²) in [6.07, 6.45) is -5.71. The number of nitrogens with zero attached hydrogens (tertiary/aromatic N) is 19. The molecule has 15 rings (SSSR count). The maximum atomic E-state index is 12.0. The van der Waals surface area contributed by atoms with Gasteiger partial charge in [0.25, 0.3) is 11.1 Å². The number of unbranched alkanes of at least 4 members (excludes halogenated alkanes) is 2. The Morgan fingerprint density at radius 3 is 1.02 bits per heavy atom. The molecule has 5 aliphatic rings. The number of nitrogen functional groups attached to an aromatic ring is 4. The quantitative estimate of drug-likeness (QED) is 0.00376. The third-order valence-corrected chi connectivity index (χ3v) is 21.0. The first-order chi connectivity index (χ1) is 67.4. The molecule has 20 atom stereocenters. The first kappa shape index (κ1) is 123. The Morgan fingerprint density at radius 1 is 0.434 bits per heavy atom. The molecule has 5 unspecified atom stereocenters. The number of nitrogens with two attached hydrogens (primary N) is 6. The van der Waals surface area contributed by atoms with Crippen molar-refractivity contribution >= 4 is 280 Å². The molecule has 790 valence electrons. The molecular weight excluding hydrogens is 2490 g/mol. The normalized spacial score (nSPS) is 23.7. The molecule has 0 spiro atoms. The first-order valence-corrected chi connectivity index (χ1v) is 52.2. The molecule has 10 aromatic rings. The average molecular weight is 2590 g/mol. The van der Waals surface area contributed by atoms with Crippen LogP contribution in [0.25, 0.3) is 55.8 Å². The van der Waals surface area contributed by atoms with Crippen molar-refractivity contribution in [2.45, 2.75) is 244 Å². The van der Waals surface area contributed by atoms with Crippen LogP contribution in [0.1, 0.15) is 153 Å². The Hall–Kier alpha value is -9.01. The minimum absolute atomic E-state index is 0.0325. The van der Waals surface area contributed by atoms with E-state index < -0.39 is 200 Å². The van der Waals surface area contributed by atoms with Gasteiger partial charge in [0.2, 0.25) is 17.8 Å². The highest BCUT2D eigenvalue weighted by atomic mass is 127. The number of aromatic amines is 2. The van der Waals surface area contributed by atoms with Crippen LogP contribution >= 0.6 is 152 Å². The molecule has 0 bridgehead atoms. The lowest BCUT2D eigenvalue weighted by molar-refractivity contribution is -0.165. The molecule has 0 aromatic carbocycles. The van der Waals surface area contributed by atoms with E-state index in [1.807, 2.05) is 66.0 Å². The number of carbonyl (C=O) groups excluding carboxylic acids is 8. The van der Waals surface area contributed by atoms with E-state index in [4.69, 9.17) is 108 Å². The van der Waals surface area contributed by atoms with Crippen LogP contribution in [-0.4, -0.2) is 290 Å². The largest absolute Gasteiger partial charge is 0.456 e. The SMILES string of the molecule is CC(=O)OC(C)=O.CCCCCON=O.CC[C@H]1OC(n2cnc3c(=O)[nH]c(N)nc32)[C@H](OC(C)=O)[C@@H]1OC(C)=O.CC[C@H]1OC(n2cnc3c(Cl)nc(I)nc32)[C@H](OC(C)=O)[C@@H]1OC(C)=O.CC[C@H]1OC(n2cnc3c(Cl)nc(N)nc32)[C@H](OC(C)=O)[C@@H]1OC(C)=O.ICI.NN.Nc1nc(I)nc2c1ncn2C1O[C@H](CO)[C@@H](O)[C@H]1O.Nc1nc2c(ncn2C2O[C@H](CO)[C@@H](O)[C@H]2O)c(=O)[nH]1.O=P(Cl)(Cl)Cl. The summed E-state index contributed by atoms with van der Waals surface area (Å²) in [5, 5.41) is 57.0. The number of esters is 8. The number of carbonyl (C=O) groups is 8. The van der Waals surface area contributed by atoms with E-state index in [0.29, 0.717) is 67.0 Å². The van der Waals surface area contributed by atoms with E-state index in [0.717, 1.165) is 19.3 Å². The summed E-state index contributed by atoms with van der Waals surface area (Å²) in [5.74, 6) is 3.77. The number of alkyl halides is 2. The van der Waals surface area contributed by atoms with E-state index in [2.05, 4.69) is 187 Å². The second-order valence-electron chi connectivity index (χ2n) is 29.6. The predicted molar refractivity (Wildman–Crippen MR) is 537 cm³/mol. The number of nitrogens with one attached hydrogen (secondary N) is 2. The van der Waals surface area contributed by atoms with Gasteiger partial charge in [0.1, 0.15) is 78.1 Å². The molecule has 5 saturated heterocycles. The van der Waals surface area contributed by atoms with E-state index >= 15 is 0 Å². The first-order valence-electron chi connectivity index (χ1n) is 41.8. The van der Waals surface area contributed by atoms with E-state index in [9.17, 15) is 77.8 Å². The summed E-state index contributed by atoms with van der Waals surface area (Å²) >= 11 is 34.4. The number of H-pyrrole nitrogens is 2. The van der Waals surface area contributed by atoms with Crippen molar-refractivity contribution in [3.63, 3.8) is 0 Å². The van der Waals surface area contributed by atoms with Crippen molar-refractivity contribution < 1.29 is 135 Å². The van der Waals surface area contributed by atoms with Gasteiger partial charge in [0.05, 0.1) is 47.3 Å². The summed E-state index contributed by atoms with van der Waals surface area (Å²) in [5.41, 5.74) is 24.2. The monoisotopic (exact) mass is 2590 g/mol. The maximum absolute atomic E-state index is 12.0. The minimum Gasteiger partial charge on any atom is -0.456 e. The number of aliphatic hydroxyl groups excluding tert-OH is 6. The van der Waals surface area contributed by atoms with Crippen LogP contribution in [0.4, 0.5) is 23.7 Å². The van der Waals surface area contributed by atoms with E-state index in [-0.39, 0.29) is 56.3 Å². The molecule has 143 heavy (non-hydrogen) atoms. The number of imidazole rings is 5. The van der Waals surface area contributed by atoms with Gasteiger partial charge in [-0.05, 0) is 59.4 Å². The van der Waals surface area contributed by atoms with Crippen LogP contribution < -0.4 is 45.7 Å². The van der Waals surface area contributed by atoms with E-state index in [1.54, 1.807) is 9.13 Å². The van der Waals surface area contributed by atoms with Gasteiger partial charge in [-0.15, -0.1) is 4.91 Å². The predicted octanol–water partition coefficient (Wildman–Crippen LogP) is 4.71.